The lowest BCUT2D eigenvalue weighted by atomic mass is 10.0. The number of primary amides is 1. The zero-order valence-corrected chi connectivity index (χ0v) is 22.7. The number of nitrogens with zero attached hydrogens (tertiary/aromatic N) is 3. The Balaban J connectivity index is 1.50. The van der Waals surface area contributed by atoms with Crippen molar-refractivity contribution >= 4 is 63.8 Å². The molecule has 1 fully saturated rings. The summed E-state index contributed by atoms with van der Waals surface area (Å²) < 4.78 is 1.64. The third-order valence-electron chi connectivity index (χ3n) is 6.22. The molecular weight excluding hydrogens is 580 g/mol. The van der Waals surface area contributed by atoms with Crippen LogP contribution in [0.1, 0.15) is 28.5 Å². The van der Waals surface area contributed by atoms with Crippen LogP contribution < -0.4 is 32.4 Å². The second-order valence-electron chi connectivity index (χ2n) is 9.04. The minimum atomic E-state index is -1.51. The minimum absolute atomic E-state index is 0.0648. The van der Waals surface area contributed by atoms with Gasteiger partial charge in [-0.2, -0.15) is 0 Å². The van der Waals surface area contributed by atoms with Crippen LogP contribution in [0.2, 0.25) is 0 Å². The Morgan fingerprint density at radius 1 is 1.20 bits per heavy atom. The number of anilines is 1. The summed E-state index contributed by atoms with van der Waals surface area (Å²) in [6.45, 7) is 0.124. The van der Waals surface area contributed by atoms with Crippen LogP contribution in [0, 0.1) is 0 Å². The molecule has 1 saturated heterocycles. The number of amides is 4. The molecule has 0 unspecified atom stereocenters. The Morgan fingerprint density at radius 2 is 1.88 bits per heavy atom. The maximum absolute atomic E-state index is 13.2. The Hall–Kier alpha value is -4.55. The molecule has 4 rings (SSSR count). The van der Waals surface area contributed by atoms with Crippen LogP contribution in [0.4, 0.5) is 5.13 Å². The van der Waals surface area contributed by atoms with Crippen LogP contribution in [-0.2, 0) is 30.5 Å². The van der Waals surface area contributed by atoms with Gasteiger partial charge in [0.2, 0.25) is 17.7 Å². The Morgan fingerprint density at radius 3 is 2.44 bits per heavy atom. The fraction of sp³-hybridized carbons (Fsp3) is 0.304. The Bertz CT molecular complexity index is 1460. The van der Waals surface area contributed by atoms with Crippen molar-refractivity contribution in [2.24, 2.45) is 11.5 Å². The number of carboxylic acids is 2. The van der Waals surface area contributed by atoms with Gasteiger partial charge in [-0.25, -0.2) is 14.3 Å². The third-order valence-corrected chi connectivity index (χ3v) is 8.25. The molecule has 10 N–H and O–H groups in total. The summed E-state index contributed by atoms with van der Waals surface area (Å²) in [6.07, 6.45) is 2.51. The van der Waals surface area contributed by atoms with Crippen molar-refractivity contribution in [1.29, 1.82) is 0 Å². The van der Waals surface area contributed by atoms with E-state index < -0.39 is 65.5 Å². The number of nitrogens with two attached hydrogens (primary N) is 3. The molecule has 2 aromatic rings. The summed E-state index contributed by atoms with van der Waals surface area (Å²) >= 11 is 2.24. The average molecular weight is 606 g/mol. The van der Waals surface area contributed by atoms with Gasteiger partial charge in [0.25, 0.3) is 5.91 Å². The Labute approximate surface area is 239 Å². The Kier molecular flexibility index (Phi) is 8.55. The molecule has 0 aromatic carbocycles. The zero-order valence-electron chi connectivity index (χ0n) is 21.1. The van der Waals surface area contributed by atoms with Crippen LogP contribution in [0.15, 0.2) is 41.2 Å². The van der Waals surface area contributed by atoms with E-state index in [-0.39, 0.29) is 34.4 Å². The summed E-state index contributed by atoms with van der Waals surface area (Å²) in [5, 5.41) is 24.6. The van der Waals surface area contributed by atoms with E-state index in [1.54, 1.807) is 17.0 Å². The molecule has 0 saturated carbocycles. The van der Waals surface area contributed by atoms with E-state index in [1.807, 2.05) is 0 Å². The van der Waals surface area contributed by atoms with E-state index in [2.05, 4.69) is 15.6 Å². The van der Waals surface area contributed by atoms with Gasteiger partial charge in [-0.05, 0) is 0 Å². The van der Waals surface area contributed by atoms with Crippen LogP contribution in [0.3, 0.4) is 0 Å². The van der Waals surface area contributed by atoms with Crippen LogP contribution in [-0.4, -0.2) is 78.9 Å². The number of carboxylic acid groups (broad SMARTS) is 2. The highest BCUT2D eigenvalue weighted by molar-refractivity contribution is 8.00. The largest absolute Gasteiger partial charge is 0.480 e. The normalized spacial score (nSPS) is 19.4. The average Bonchev–Trinajstić information content (AvgIpc) is 3.35. The van der Waals surface area contributed by atoms with Gasteiger partial charge in [-0.15, -0.1) is 23.1 Å². The number of rotatable bonds is 11. The summed E-state index contributed by atoms with van der Waals surface area (Å²) in [6, 6.07) is -1.06. The van der Waals surface area contributed by atoms with Crippen LogP contribution in [0.5, 0.6) is 0 Å². The van der Waals surface area contributed by atoms with Gasteiger partial charge in [0, 0.05) is 28.8 Å². The quantitative estimate of drug-likeness (QED) is 0.104. The lowest BCUT2D eigenvalue weighted by Gasteiger charge is -2.49. The predicted octanol–water partition coefficient (Wildman–Crippen LogP) is -2.49. The fourth-order valence-corrected chi connectivity index (χ4v) is 6.13. The number of nitrogens with one attached hydrogen (secondary N) is 2. The van der Waals surface area contributed by atoms with Crippen molar-refractivity contribution in [2.45, 2.75) is 36.5 Å². The van der Waals surface area contributed by atoms with Crippen molar-refractivity contribution in [3.63, 3.8) is 0 Å². The lowest BCUT2D eigenvalue weighted by molar-refractivity contribution is -0.689. The molecule has 0 bridgehead atoms. The number of carbonyl (C=O) groups is 6. The van der Waals surface area contributed by atoms with Crippen molar-refractivity contribution in [1.82, 2.24) is 20.5 Å². The zero-order chi connectivity index (χ0) is 30.0. The SMILES string of the molecule is NC(=O)c1cc[n+](CC2=C(C(=O)O)N3C(=O)[C@@H](NC(=O)[C@@H](NC(=O)C[C@@H](N)C(=O)O)c4csc(N)n4)[C@@H]3SC2)cc1. The molecule has 4 atom stereocenters. The van der Waals surface area contributed by atoms with E-state index in [9.17, 15) is 33.9 Å². The van der Waals surface area contributed by atoms with Gasteiger partial charge in [-0.1, -0.05) is 0 Å². The predicted molar refractivity (Wildman–Crippen MR) is 142 cm³/mol. The van der Waals surface area contributed by atoms with Gasteiger partial charge in [0.1, 0.15) is 23.2 Å². The van der Waals surface area contributed by atoms with Gasteiger partial charge < -0.3 is 38.0 Å². The van der Waals surface area contributed by atoms with E-state index in [4.69, 9.17) is 22.3 Å². The molecule has 4 heterocycles. The van der Waals surface area contributed by atoms with Gasteiger partial charge in [-0.3, -0.25) is 28.9 Å². The number of fused-ring (bicyclic) bond motifs is 1. The molecule has 41 heavy (non-hydrogen) atoms. The van der Waals surface area contributed by atoms with E-state index >= 15 is 0 Å². The number of hydrogen-bond acceptors (Lipinski definition) is 11. The van der Waals surface area contributed by atoms with Crippen molar-refractivity contribution in [3.8, 4) is 0 Å². The number of nitrogen functional groups attached to an aromatic ring is 1. The first-order valence-electron chi connectivity index (χ1n) is 11.8. The fourth-order valence-electron chi connectivity index (χ4n) is 4.20. The number of thiazole rings is 1. The van der Waals surface area contributed by atoms with Crippen molar-refractivity contribution < 1.29 is 43.5 Å². The number of aliphatic carboxylic acids is 2. The number of aromatic nitrogens is 2. The third kappa shape index (κ3) is 6.28. The first kappa shape index (κ1) is 29.4. The monoisotopic (exact) mass is 605 g/mol. The lowest BCUT2D eigenvalue weighted by Crippen LogP contribution is -2.71. The highest BCUT2D eigenvalue weighted by atomic mass is 32.2. The highest BCUT2D eigenvalue weighted by Gasteiger charge is 2.55. The van der Waals surface area contributed by atoms with Crippen LogP contribution >= 0.6 is 23.1 Å². The molecule has 4 amide bonds. The van der Waals surface area contributed by atoms with E-state index in [1.165, 1.54) is 29.3 Å². The number of β-lactam (4-membered cyclic amide) rings is 1. The maximum atomic E-state index is 13.2. The molecule has 0 spiro atoms. The molecule has 0 radical (unpaired) electrons. The topological polar surface area (TPSA) is 265 Å². The molecule has 18 heteroatoms. The van der Waals surface area contributed by atoms with Gasteiger partial charge in [0.05, 0.1) is 17.7 Å². The van der Waals surface area contributed by atoms with Gasteiger partial charge in [0.15, 0.2) is 30.1 Å². The summed E-state index contributed by atoms with van der Waals surface area (Å²) in [7, 11) is 0. The van der Waals surface area contributed by atoms with Crippen molar-refractivity contribution in [3.05, 3.63) is 52.4 Å². The summed E-state index contributed by atoms with van der Waals surface area (Å²) in [5.41, 5.74) is 16.9. The summed E-state index contributed by atoms with van der Waals surface area (Å²) in [5.74, 6) is -5.46. The van der Waals surface area contributed by atoms with E-state index in [0.29, 0.717) is 5.57 Å². The van der Waals surface area contributed by atoms with E-state index in [0.717, 1.165) is 16.2 Å². The number of carbonyl (C=O) groups excluding carboxylic acids is 4. The van der Waals surface area contributed by atoms with Crippen LogP contribution in [0.25, 0.3) is 0 Å². The van der Waals surface area contributed by atoms with Crippen molar-refractivity contribution in [2.75, 3.05) is 11.5 Å². The second-order valence-corrected chi connectivity index (χ2v) is 11.0. The number of thioether (sulfide) groups is 1. The molecular formula is C23H25N8O8S2+. The maximum Gasteiger partial charge on any atom is 0.352 e. The molecule has 16 nitrogen and oxygen atoms in total. The standard InChI is InChI=1S/C23H24N8O8S2/c24-11(21(36)37)5-13(32)28-14(12-8-41-23(26)27-12)18(34)29-15-19(35)31-16(22(38)39)10(7-40-20(15)31)6-30-3-1-9(2-4-30)17(25)33/h1-4,8,11,14-15,20H,5-7,24H2,(H7-,25,26,27,28,29,32,33,34,36,37,38,39)/p+1/t11-,14+,15-,20+/m1/s1. The second kappa shape index (κ2) is 11.9. The molecule has 0 aliphatic carbocycles. The number of hydrogen-bond donors (Lipinski definition) is 7. The highest BCUT2D eigenvalue weighted by Crippen LogP contribution is 2.40. The van der Waals surface area contributed by atoms with Gasteiger partial charge >= 0.3 is 11.9 Å². The first-order chi connectivity index (χ1) is 19.4. The minimum Gasteiger partial charge on any atom is -0.480 e. The smallest absolute Gasteiger partial charge is 0.352 e. The number of pyridine rings is 1. The molecule has 2 aromatic heterocycles. The molecule has 2 aliphatic heterocycles. The molecule has 216 valence electrons. The summed E-state index contributed by atoms with van der Waals surface area (Å²) in [4.78, 5) is 78.3. The first-order valence-corrected chi connectivity index (χ1v) is 13.8. The molecule has 2 aliphatic rings.